The van der Waals surface area contributed by atoms with Gasteiger partial charge in [-0.25, -0.2) is 0 Å². The molecule has 2 heterocycles. The van der Waals surface area contributed by atoms with Gasteiger partial charge in [0.1, 0.15) is 5.75 Å². The molecule has 2 aliphatic heterocycles. The Morgan fingerprint density at radius 1 is 1.19 bits per heavy atom. The van der Waals surface area contributed by atoms with Crippen molar-refractivity contribution in [2.75, 3.05) is 11.9 Å². The molecule has 0 fully saturated rings. The van der Waals surface area contributed by atoms with Crippen LogP contribution in [0.4, 0.5) is 5.69 Å². The third-order valence-corrected chi connectivity index (χ3v) is 5.48. The lowest BCUT2D eigenvalue weighted by Crippen LogP contribution is -2.46. The van der Waals surface area contributed by atoms with Crippen molar-refractivity contribution in [1.82, 2.24) is 0 Å². The Hall–Kier alpha value is -1.48. The SMILES string of the molecule is CC1(C)c2cc(Br)ccc2N[C@@H]2c3ccccc3OC[C@H]21. The zero-order valence-corrected chi connectivity index (χ0v) is 13.8. The number of fused-ring (bicyclic) bond motifs is 4. The van der Waals surface area contributed by atoms with Gasteiger partial charge in [-0.1, -0.05) is 48.0 Å². The minimum Gasteiger partial charge on any atom is -0.493 e. The minimum absolute atomic E-state index is 0.0720. The number of hydrogen-bond donors (Lipinski definition) is 1. The van der Waals surface area contributed by atoms with Crippen LogP contribution >= 0.6 is 15.9 Å². The summed E-state index contributed by atoms with van der Waals surface area (Å²) in [6.07, 6.45) is 0. The van der Waals surface area contributed by atoms with E-state index in [1.807, 2.05) is 6.07 Å². The van der Waals surface area contributed by atoms with Crippen molar-refractivity contribution in [3.05, 3.63) is 58.1 Å². The van der Waals surface area contributed by atoms with Crippen LogP contribution in [0.1, 0.15) is 31.0 Å². The lowest BCUT2D eigenvalue weighted by molar-refractivity contribution is 0.135. The molecule has 0 amide bonds. The van der Waals surface area contributed by atoms with Crippen LogP contribution in [0.2, 0.25) is 0 Å². The van der Waals surface area contributed by atoms with E-state index in [0.717, 1.165) is 16.8 Å². The van der Waals surface area contributed by atoms with Crippen molar-refractivity contribution < 1.29 is 4.74 Å². The van der Waals surface area contributed by atoms with E-state index in [0.29, 0.717) is 12.0 Å². The molecule has 0 aliphatic carbocycles. The van der Waals surface area contributed by atoms with E-state index >= 15 is 0 Å². The first-order valence-electron chi connectivity index (χ1n) is 7.35. The maximum Gasteiger partial charge on any atom is 0.124 e. The highest BCUT2D eigenvalue weighted by molar-refractivity contribution is 9.10. The highest BCUT2D eigenvalue weighted by Gasteiger charge is 2.46. The Kier molecular flexibility index (Phi) is 2.83. The molecule has 0 unspecified atom stereocenters. The Morgan fingerprint density at radius 3 is 2.86 bits per heavy atom. The molecule has 2 aliphatic rings. The summed E-state index contributed by atoms with van der Waals surface area (Å²) in [7, 11) is 0. The normalized spacial score (nSPS) is 24.9. The third kappa shape index (κ3) is 1.90. The summed E-state index contributed by atoms with van der Waals surface area (Å²) in [4.78, 5) is 0. The van der Waals surface area contributed by atoms with E-state index in [4.69, 9.17) is 4.74 Å². The minimum atomic E-state index is 0.0720. The highest BCUT2D eigenvalue weighted by Crippen LogP contribution is 2.52. The molecule has 0 saturated carbocycles. The lowest BCUT2D eigenvalue weighted by atomic mass is 9.65. The second kappa shape index (κ2) is 4.51. The first-order valence-corrected chi connectivity index (χ1v) is 8.15. The van der Waals surface area contributed by atoms with E-state index in [1.165, 1.54) is 16.8 Å². The highest BCUT2D eigenvalue weighted by atomic mass is 79.9. The zero-order valence-electron chi connectivity index (χ0n) is 12.2. The molecule has 108 valence electrons. The van der Waals surface area contributed by atoms with Crippen LogP contribution in [0.5, 0.6) is 5.75 Å². The molecule has 21 heavy (non-hydrogen) atoms. The van der Waals surface area contributed by atoms with Crippen LogP contribution < -0.4 is 10.1 Å². The van der Waals surface area contributed by atoms with Gasteiger partial charge in [-0.15, -0.1) is 0 Å². The van der Waals surface area contributed by atoms with Gasteiger partial charge in [0.05, 0.1) is 12.6 Å². The Balaban J connectivity index is 1.88. The van der Waals surface area contributed by atoms with E-state index in [1.54, 1.807) is 0 Å². The predicted molar refractivity (Wildman–Crippen MR) is 89.0 cm³/mol. The van der Waals surface area contributed by atoms with Crippen molar-refractivity contribution in [3.8, 4) is 5.75 Å². The van der Waals surface area contributed by atoms with E-state index in [-0.39, 0.29) is 5.41 Å². The van der Waals surface area contributed by atoms with E-state index < -0.39 is 0 Å². The molecule has 4 rings (SSSR count). The zero-order chi connectivity index (χ0) is 14.6. The quantitative estimate of drug-likeness (QED) is 0.734. The predicted octanol–water partition coefficient (Wildman–Crippen LogP) is 4.90. The average molecular weight is 344 g/mol. The van der Waals surface area contributed by atoms with Crippen LogP contribution in [0.3, 0.4) is 0 Å². The molecular weight excluding hydrogens is 326 g/mol. The summed E-state index contributed by atoms with van der Waals surface area (Å²) >= 11 is 3.60. The molecule has 0 radical (unpaired) electrons. The molecule has 2 nitrogen and oxygen atoms in total. The van der Waals surface area contributed by atoms with Crippen LogP contribution in [0.15, 0.2) is 46.9 Å². The number of anilines is 1. The fraction of sp³-hybridized carbons (Fsp3) is 0.333. The third-order valence-electron chi connectivity index (χ3n) is 4.99. The van der Waals surface area contributed by atoms with Crippen LogP contribution in [-0.4, -0.2) is 6.61 Å². The van der Waals surface area contributed by atoms with Crippen LogP contribution in [0.25, 0.3) is 0 Å². The lowest BCUT2D eigenvalue weighted by Gasteiger charge is -2.48. The van der Waals surface area contributed by atoms with Crippen LogP contribution in [0, 0.1) is 5.92 Å². The number of nitrogens with one attached hydrogen (secondary N) is 1. The van der Waals surface area contributed by atoms with E-state index in [9.17, 15) is 0 Å². The summed E-state index contributed by atoms with van der Waals surface area (Å²) in [6, 6.07) is 15.2. The molecule has 2 aromatic rings. The van der Waals surface area contributed by atoms with Crippen molar-refractivity contribution in [2.24, 2.45) is 5.92 Å². The molecule has 0 saturated heterocycles. The molecule has 2 aromatic carbocycles. The summed E-state index contributed by atoms with van der Waals surface area (Å²) in [5.41, 5.74) is 3.94. The Labute approximate surface area is 133 Å². The monoisotopic (exact) mass is 343 g/mol. The van der Waals surface area contributed by atoms with E-state index in [2.05, 4.69) is 71.5 Å². The molecule has 3 heteroatoms. The smallest absolute Gasteiger partial charge is 0.124 e. The molecular formula is C18H18BrNO. The Morgan fingerprint density at radius 2 is 2.00 bits per heavy atom. The number of para-hydroxylation sites is 1. The maximum atomic E-state index is 6.02. The fourth-order valence-corrected chi connectivity index (χ4v) is 4.07. The number of rotatable bonds is 0. The van der Waals surface area contributed by atoms with Crippen molar-refractivity contribution in [1.29, 1.82) is 0 Å². The summed E-state index contributed by atoms with van der Waals surface area (Å²) in [5, 5.41) is 3.74. The standard InChI is InChI=1S/C18H18BrNO/c1-18(2)13-9-11(19)7-8-15(13)20-17-12-5-3-4-6-16(12)21-10-14(17)18/h3-9,14,17,20H,10H2,1-2H3/t14-,17-/m1/s1. The van der Waals surface area contributed by atoms with Gasteiger partial charge < -0.3 is 10.1 Å². The second-order valence-corrected chi connectivity index (χ2v) is 7.40. The summed E-state index contributed by atoms with van der Waals surface area (Å²) in [6.45, 7) is 5.41. The number of halogens is 1. The molecule has 2 atom stereocenters. The van der Waals surface area contributed by atoms with Gasteiger partial charge in [-0.05, 0) is 29.8 Å². The van der Waals surface area contributed by atoms with Gasteiger partial charge >= 0.3 is 0 Å². The topological polar surface area (TPSA) is 21.3 Å². The average Bonchev–Trinajstić information content (AvgIpc) is 2.48. The van der Waals surface area contributed by atoms with Gasteiger partial charge in [0, 0.05) is 27.1 Å². The number of ether oxygens (including phenoxy) is 1. The first kappa shape index (κ1) is 13.2. The number of benzene rings is 2. The second-order valence-electron chi connectivity index (χ2n) is 6.49. The van der Waals surface area contributed by atoms with Crippen molar-refractivity contribution >= 4 is 21.6 Å². The summed E-state index contributed by atoms with van der Waals surface area (Å²) < 4.78 is 7.15. The van der Waals surface area contributed by atoms with Gasteiger partial charge in [0.15, 0.2) is 0 Å². The Bertz CT molecular complexity index is 710. The van der Waals surface area contributed by atoms with Gasteiger partial charge in [-0.3, -0.25) is 0 Å². The maximum absolute atomic E-state index is 6.02. The molecule has 1 N–H and O–H groups in total. The fourth-order valence-electron chi connectivity index (χ4n) is 3.71. The molecule has 0 spiro atoms. The first-order chi connectivity index (χ1) is 10.1. The number of hydrogen-bond acceptors (Lipinski definition) is 2. The van der Waals surface area contributed by atoms with Gasteiger partial charge in [0.25, 0.3) is 0 Å². The van der Waals surface area contributed by atoms with Gasteiger partial charge in [-0.2, -0.15) is 0 Å². The van der Waals surface area contributed by atoms with Crippen molar-refractivity contribution in [2.45, 2.75) is 25.3 Å². The van der Waals surface area contributed by atoms with Crippen molar-refractivity contribution in [3.63, 3.8) is 0 Å². The largest absolute Gasteiger partial charge is 0.493 e. The summed E-state index contributed by atoms with van der Waals surface area (Å²) in [5.74, 6) is 1.44. The van der Waals surface area contributed by atoms with Gasteiger partial charge in [0.2, 0.25) is 0 Å². The molecule has 0 bridgehead atoms. The van der Waals surface area contributed by atoms with Crippen LogP contribution in [-0.2, 0) is 5.41 Å². The molecule has 0 aromatic heterocycles.